The van der Waals surface area contributed by atoms with Gasteiger partial charge in [-0.2, -0.15) is 9.97 Å². The third-order valence-electron chi connectivity index (χ3n) is 13.6. The zero-order valence-electron chi connectivity index (χ0n) is 35.9. The first kappa shape index (κ1) is 37.2. The quantitative estimate of drug-likeness (QED) is 0.168. The van der Waals surface area contributed by atoms with Gasteiger partial charge >= 0.3 is 0 Å². The molecule has 0 unspecified atom stereocenters. The molecule has 0 bridgehead atoms. The lowest BCUT2D eigenvalue weighted by atomic mass is 9.82. The van der Waals surface area contributed by atoms with Crippen molar-refractivity contribution in [1.82, 2.24) is 24.1 Å². The lowest BCUT2D eigenvalue weighted by Gasteiger charge is -2.21. The van der Waals surface area contributed by atoms with Crippen molar-refractivity contribution < 1.29 is 0 Å². The second-order valence-electron chi connectivity index (χ2n) is 17.7. The van der Waals surface area contributed by atoms with E-state index in [1.165, 1.54) is 44.1 Å². The van der Waals surface area contributed by atoms with E-state index in [2.05, 4.69) is 199 Å². The van der Waals surface area contributed by atoms with E-state index in [0.717, 1.165) is 60.9 Å². The molecule has 0 radical (unpaired) electrons. The van der Waals surface area contributed by atoms with Crippen molar-refractivity contribution in [1.29, 1.82) is 0 Å². The molecule has 5 heteroatoms. The maximum Gasteiger partial charge on any atom is 0.238 e. The number of aromatic nitrogens is 5. The van der Waals surface area contributed by atoms with Crippen molar-refractivity contribution in [3.63, 3.8) is 0 Å². The van der Waals surface area contributed by atoms with Gasteiger partial charge in [-0.05, 0) is 87.0 Å². The van der Waals surface area contributed by atoms with Crippen molar-refractivity contribution in [3.8, 4) is 67.8 Å². The van der Waals surface area contributed by atoms with Crippen LogP contribution in [0.4, 0.5) is 0 Å². The molecular weight excluding hydrogens is 791 g/mol. The molecule has 0 atom stereocenters. The van der Waals surface area contributed by atoms with Gasteiger partial charge in [0.2, 0.25) is 5.95 Å². The lowest BCUT2D eigenvalue weighted by Crippen LogP contribution is -2.14. The molecule has 0 spiro atoms. The molecule has 0 aliphatic heterocycles. The topological polar surface area (TPSA) is 48.5 Å². The summed E-state index contributed by atoms with van der Waals surface area (Å²) in [6.07, 6.45) is 0. The van der Waals surface area contributed by atoms with Gasteiger partial charge < -0.3 is 4.57 Å². The minimum absolute atomic E-state index is 0.0980. The van der Waals surface area contributed by atoms with Gasteiger partial charge in [0.05, 0.1) is 22.1 Å². The molecule has 0 saturated heterocycles. The summed E-state index contributed by atoms with van der Waals surface area (Å²) < 4.78 is 4.69. The number of para-hydroxylation sites is 1. The maximum absolute atomic E-state index is 5.27. The van der Waals surface area contributed by atoms with E-state index in [0.29, 0.717) is 17.6 Å². The highest BCUT2D eigenvalue weighted by Gasteiger charge is 2.36. The number of hydrogen-bond donors (Lipinski definition) is 0. The van der Waals surface area contributed by atoms with Crippen molar-refractivity contribution in [3.05, 3.63) is 223 Å². The Labute approximate surface area is 376 Å². The summed E-state index contributed by atoms with van der Waals surface area (Å²) >= 11 is 0. The van der Waals surface area contributed by atoms with Crippen LogP contribution in [0.5, 0.6) is 0 Å². The predicted octanol–water partition coefficient (Wildman–Crippen LogP) is 15.0. The molecule has 3 aromatic heterocycles. The summed E-state index contributed by atoms with van der Waals surface area (Å²) in [5, 5.41) is 4.76. The Hall–Kier alpha value is -8.41. The Morgan fingerprint density at radius 3 is 1.34 bits per heavy atom. The zero-order chi connectivity index (χ0) is 43.2. The first-order chi connectivity index (χ1) is 32.0. The molecular formula is C60H41N5. The summed E-state index contributed by atoms with van der Waals surface area (Å²) in [5.41, 5.74) is 17.2. The number of rotatable bonds is 6. The minimum Gasteiger partial charge on any atom is -0.309 e. The molecule has 12 aromatic rings. The van der Waals surface area contributed by atoms with Crippen LogP contribution in [0.25, 0.3) is 111 Å². The third-order valence-corrected chi connectivity index (χ3v) is 13.6. The fraction of sp³-hybridized carbons (Fsp3) is 0.0500. The molecule has 3 heterocycles. The monoisotopic (exact) mass is 831 g/mol. The molecule has 9 aromatic carbocycles. The van der Waals surface area contributed by atoms with Crippen molar-refractivity contribution in [2.45, 2.75) is 19.3 Å². The Morgan fingerprint density at radius 2 is 0.769 bits per heavy atom. The van der Waals surface area contributed by atoms with Crippen LogP contribution < -0.4 is 0 Å². The van der Waals surface area contributed by atoms with Gasteiger partial charge in [-0.3, -0.25) is 4.57 Å². The maximum atomic E-state index is 5.27. The number of hydrogen-bond acceptors (Lipinski definition) is 3. The summed E-state index contributed by atoms with van der Waals surface area (Å²) in [7, 11) is 0. The molecule has 1 aliphatic rings. The van der Waals surface area contributed by atoms with Crippen molar-refractivity contribution in [2.75, 3.05) is 0 Å². The van der Waals surface area contributed by atoms with Crippen molar-refractivity contribution in [2.24, 2.45) is 0 Å². The number of fused-ring (bicyclic) bond motifs is 9. The zero-order valence-corrected chi connectivity index (χ0v) is 35.9. The average Bonchev–Trinajstić information content (AvgIpc) is 3.95. The van der Waals surface area contributed by atoms with E-state index in [1.807, 2.05) is 36.4 Å². The van der Waals surface area contributed by atoms with Crippen LogP contribution in [-0.4, -0.2) is 24.1 Å². The van der Waals surface area contributed by atoms with Crippen molar-refractivity contribution >= 4 is 43.6 Å². The largest absolute Gasteiger partial charge is 0.309 e. The SMILES string of the molecule is CC1(C)c2ccccc2-c2cc3c(cc21)c1ccc(-c2ccc4c5ccc(-c6ccccc6)cc5n(-c5nc(-c6ccccc6)nc(-c6ccccc6)n5)c4c2)cc1n3-c1ccccc1. The van der Waals surface area contributed by atoms with Crippen LogP contribution in [0.2, 0.25) is 0 Å². The van der Waals surface area contributed by atoms with E-state index >= 15 is 0 Å². The Balaban J connectivity index is 1.06. The highest BCUT2D eigenvalue weighted by molar-refractivity contribution is 6.14. The molecule has 0 saturated carbocycles. The summed E-state index contributed by atoms with van der Waals surface area (Å²) in [5.74, 6) is 1.81. The Bertz CT molecular complexity index is 3770. The molecule has 5 nitrogen and oxygen atoms in total. The van der Waals surface area contributed by atoms with Gasteiger partial charge in [-0.25, -0.2) is 4.98 Å². The fourth-order valence-corrected chi connectivity index (χ4v) is 10.4. The minimum atomic E-state index is -0.0980. The van der Waals surface area contributed by atoms with E-state index in [-0.39, 0.29) is 5.41 Å². The molecule has 0 amide bonds. The highest BCUT2D eigenvalue weighted by atomic mass is 15.2. The van der Waals surface area contributed by atoms with Crippen LogP contribution >= 0.6 is 0 Å². The summed E-state index contributed by atoms with van der Waals surface area (Å²) in [4.78, 5) is 15.6. The molecule has 306 valence electrons. The summed E-state index contributed by atoms with van der Waals surface area (Å²) in [6, 6.07) is 76.1. The standard InChI is InChI=1S/C60H41N5/c1-60(2)51-26-16-15-25-45(51)49-37-56-50(36-52(49)60)48-32-29-42(34-53(48)64(56)44-23-13-6-14-24-44)43-28-31-47-46-30-27-41(38-17-7-3-8-18-38)33-54(46)65(55(47)35-43)59-62-57(39-19-9-4-10-20-39)61-58(63-59)40-21-11-5-12-22-40/h3-37H,1-2H3. The van der Waals surface area contributed by atoms with E-state index in [4.69, 9.17) is 15.0 Å². The van der Waals surface area contributed by atoms with Crippen LogP contribution in [0.1, 0.15) is 25.0 Å². The summed E-state index contributed by atoms with van der Waals surface area (Å²) in [6.45, 7) is 4.72. The molecule has 13 rings (SSSR count). The van der Waals surface area contributed by atoms with Gasteiger partial charge in [0.1, 0.15) is 0 Å². The van der Waals surface area contributed by atoms with E-state index < -0.39 is 0 Å². The Morgan fingerprint density at radius 1 is 0.323 bits per heavy atom. The smallest absolute Gasteiger partial charge is 0.238 e. The lowest BCUT2D eigenvalue weighted by molar-refractivity contribution is 0.661. The molecule has 1 aliphatic carbocycles. The van der Waals surface area contributed by atoms with Gasteiger partial charge in [0, 0.05) is 43.8 Å². The van der Waals surface area contributed by atoms with Crippen LogP contribution in [0.15, 0.2) is 212 Å². The van der Waals surface area contributed by atoms with Crippen LogP contribution in [-0.2, 0) is 5.41 Å². The first-order valence-corrected chi connectivity index (χ1v) is 22.3. The average molecular weight is 832 g/mol. The van der Waals surface area contributed by atoms with E-state index in [1.54, 1.807) is 0 Å². The number of benzene rings is 9. The predicted molar refractivity (Wildman–Crippen MR) is 268 cm³/mol. The second-order valence-corrected chi connectivity index (χ2v) is 17.7. The molecule has 0 N–H and O–H groups in total. The van der Waals surface area contributed by atoms with Gasteiger partial charge in [-0.15, -0.1) is 0 Å². The normalized spacial score (nSPS) is 12.9. The third kappa shape index (κ3) is 5.82. The second kappa shape index (κ2) is 14.3. The van der Waals surface area contributed by atoms with E-state index in [9.17, 15) is 0 Å². The van der Waals surface area contributed by atoms with Crippen LogP contribution in [0.3, 0.4) is 0 Å². The first-order valence-electron chi connectivity index (χ1n) is 22.3. The molecule has 65 heavy (non-hydrogen) atoms. The Kier molecular flexibility index (Phi) is 8.18. The van der Waals surface area contributed by atoms with Gasteiger partial charge in [-0.1, -0.05) is 184 Å². The van der Waals surface area contributed by atoms with Crippen LogP contribution in [0, 0.1) is 0 Å². The highest BCUT2D eigenvalue weighted by Crippen LogP contribution is 2.51. The molecule has 0 fully saturated rings. The van der Waals surface area contributed by atoms with Gasteiger partial charge in [0.25, 0.3) is 0 Å². The fourth-order valence-electron chi connectivity index (χ4n) is 10.4. The van der Waals surface area contributed by atoms with Gasteiger partial charge in [0.15, 0.2) is 11.6 Å². The number of nitrogens with zero attached hydrogens (tertiary/aromatic N) is 5.